The second-order valence-corrected chi connectivity index (χ2v) is 6.77. The lowest BCUT2D eigenvalue weighted by atomic mass is 9.99. The Bertz CT molecular complexity index is 381. The monoisotopic (exact) mass is 290 g/mol. The van der Waals surface area contributed by atoms with Gasteiger partial charge in [-0.3, -0.25) is 0 Å². The summed E-state index contributed by atoms with van der Waals surface area (Å²) in [5.41, 5.74) is 2.52. The zero-order valence-corrected chi connectivity index (χ0v) is 14.3. The van der Waals surface area contributed by atoms with E-state index >= 15 is 0 Å². The van der Waals surface area contributed by atoms with Gasteiger partial charge in [0.1, 0.15) is 5.75 Å². The zero-order chi connectivity index (χ0) is 15.5. The van der Waals surface area contributed by atoms with Crippen LogP contribution in [0.3, 0.4) is 0 Å². The fourth-order valence-electron chi connectivity index (χ4n) is 2.77. The Hall–Kier alpha value is -0.980. The molecule has 0 aromatic heterocycles. The molecular formula is C20H34O. The van der Waals surface area contributed by atoms with E-state index in [0.717, 1.165) is 30.7 Å². The third-order valence-corrected chi connectivity index (χ3v) is 4.19. The van der Waals surface area contributed by atoms with Crippen LogP contribution >= 0.6 is 0 Å². The van der Waals surface area contributed by atoms with Crippen LogP contribution in [0.1, 0.15) is 83.3 Å². The number of hydrogen-bond acceptors (Lipinski definition) is 1. The molecule has 1 aromatic rings. The summed E-state index contributed by atoms with van der Waals surface area (Å²) in [5.74, 6) is 1.32. The average molecular weight is 290 g/mol. The summed E-state index contributed by atoms with van der Waals surface area (Å²) in [7, 11) is 0. The van der Waals surface area contributed by atoms with Gasteiger partial charge in [0.15, 0.2) is 0 Å². The molecular weight excluding hydrogens is 256 g/mol. The third kappa shape index (κ3) is 8.14. The first-order chi connectivity index (χ1) is 10.1. The number of aromatic hydroxyl groups is 1. The van der Waals surface area contributed by atoms with Gasteiger partial charge in [-0.15, -0.1) is 0 Å². The number of hydrogen-bond donors (Lipinski definition) is 1. The largest absolute Gasteiger partial charge is 0.508 e. The van der Waals surface area contributed by atoms with Gasteiger partial charge >= 0.3 is 0 Å². The topological polar surface area (TPSA) is 20.2 Å². The molecule has 1 heteroatoms. The molecule has 120 valence electrons. The second-order valence-electron chi connectivity index (χ2n) is 6.77. The molecule has 0 radical (unpaired) electrons. The fraction of sp³-hybridized carbons (Fsp3) is 0.700. The van der Waals surface area contributed by atoms with Crippen LogP contribution in [0.4, 0.5) is 0 Å². The van der Waals surface area contributed by atoms with E-state index in [4.69, 9.17) is 0 Å². The van der Waals surface area contributed by atoms with Crippen molar-refractivity contribution in [2.45, 2.75) is 85.0 Å². The van der Waals surface area contributed by atoms with Gasteiger partial charge in [-0.1, -0.05) is 71.4 Å². The minimum Gasteiger partial charge on any atom is -0.508 e. The Morgan fingerprint density at radius 2 is 1.62 bits per heavy atom. The van der Waals surface area contributed by atoms with Crippen molar-refractivity contribution in [2.75, 3.05) is 0 Å². The molecule has 0 fully saturated rings. The molecule has 0 atom stereocenters. The highest BCUT2D eigenvalue weighted by Crippen LogP contribution is 2.22. The van der Waals surface area contributed by atoms with E-state index in [1.54, 1.807) is 0 Å². The van der Waals surface area contributed by atoms with Gasteiger partial charge in [-0.05, 0) is 48.8 Å². The third-order valence-electron chi connectivity index (χ3n) is 4.19. The van der Waals surface area contributed by atoms with Gasteiger partial charge in [-0.2, -0.15) is 0 Å². The molecule has 1 nitrogen and oxygen atoms in total. The Morgan fingerprint density at radius 3 is 2.33 bits per heavy atom. The van der Waals surface area contributed by atoms with Crippen molar-refractivity contribution in [3.05, 3.63) is 29.3 Å². The first kappa shape index (κ1) is 18.1. The molecule has 0 unspecified atom stereocenters. The molecule has 0 spiro atoms. The fourth-order valence-corrected chi connectivity index (χ4v) is 2.77. The van der Waals surface area contributed by atoms with Gasteiger partial charge in [0.05, 0.1) is 0 Å². The number of benzene rings is 1. The molecule has 0 heterocycles. The van der Waals surface area contributed by atoms with Crippen LogP contribution in [-0.2, 0) is 12.8 Å². The standard InChI is InChI=1S/C20H34O/c1-4-5-13-19-16-18(14-15-20(19)21)12-10-8-6-7-9-11-17(2)3/h14-17,21H,4-13H2,1-3H3. The first-order valence-electron chi connectivity index (χ1n) is 8.94. The van der Waals surface area contributed by atoms with E-state index in [9.17, 15) is 5.11 Å². The van der Waals surface area contributed by atoms with Crippen molar-refractivity contribution in [3.8, 4) is 5.75 Å². The van der Waals surface area contributed by atoms with Crippen LogP contribution in [0.2, 0.25) is 0 Å². The molecule has 0 bridgehead atoms. The predicted octanol–water partition coefficient (Wildman–Crippen LogP) is 6.27. The maximum Gasteiger partial charge on any atom is 0.118 e. The Balaban J connectivity index is 2.22. The van der Waals surface area contributed by atoms with Crippen LogP contribution in [0.5, 0.6) is 5.75 Å². The summed E-state index contributed by atoms with van der Waals surface area (Å²) < 4.78 is 0. The number of phenols is 1. The highest BCUT2D eigenvalue weighted by molar-refractivity contribution is 5.36. The van der Waals surface area contributed by atoms with Crippen molar-refractivity contribution in [1.29, 1.82) is 0 Å². The molecule has 1 N–H and O–H groups in total. The summed E-state index contributed by atoms with van der Waals surface area (Å²) in [6.07, 6.45) is 12.6. The first-order valence-corrected chi connectivity index (χ1v) is 8.94. The molecule has 0 aliphatic carbocycles. The van der Waals surface area contributed by atoms with Crippen molar-refractivity contribution >= 4 is 0 Å². The van der Waals surface area contributed by atoms with Gasteiger partial charge in [0.25, 0.3) is 0 Å². The predicted molar refractivity (Wildman–Crippen MR) is 93.0 cm³/mol. The smallest absolute Gasteiger partial charge is 0.118 e. The van der Waals surface area contributed by atoms with Crippen LogP contribution in [0, 0.1) is 5.92 Å². The molecule has 21 heavy (non-hydrogen) atoms. The highest BCUT2D eigenvalue weighted by atomic mass is 16.3. The summed E-state index contributed by atoms with van der Waals surface area (Å²) in [5, 5.41) is 9.88. The normalized spacial score (nSPS) is 11.2. The number of rotatable bonds is 11. The second kappa shape index (κ2) is 10.7. The lowest BCUT2D eigenvalue weighted by molar-refractivity contribution is 0.466. The molecule has 0 amide bonds. The van der Waals surface area contributed by atoms with Gasteiger partial charge in [0.2, 0.25) is 0 Å². The molecule has 0 saturated heterocycles. The van der Waals surface area contributed by atoms with Crippen molar-refractivity contribution < 1.29 is 5.11 Å². The molecule has 0 saturated carbocycles. The van der Waals surface area contributed by atoms with Crippen LogP contribution in [0.15, 0.2) is 18.2 Å². The Morgan fingerprint density at radius 1 is 0.905 bits per heavy atom. The minimum absolute atomic E-state index is 0.473. The minimum atomic E-state index is 0.473. The zero-order valence-electron chi connectivity index (χ0n) is 14.3. The maximum absolute atomic E-state index is 9.88. The maximum atomic E-state index is 9.88. The van der Waals surface area contributed by atoms with E-state index in [-0.39, 0.29) is 0 Å². The Kier molecular flexibility index (Phi) is 9.21. The van der Waals surface area contributed by atoms with Crippen molar-refractivity contribution in [1.82, 2.24) is 0 Å². The highest BCUT2D eigenvalue weighted by Gasteiger charge is 2.03. The van der Waals surface area contributed by atoms with E-state index in [1.807, 2.05) is 6.07 Å². The van der Waals surface area contributed by atoms with Gasteiger partial charge < -0.3 is 5.11 Å². The van der Waals surface area contributed by atoms with E-state index in [0.29, 0.717) is 5.75 Å². The number of phenolic OH excluding ortho intramolecular Hbond substituents is 1. The molecule has 0 aliphatic rings. The SMILES string of the molecule is CCCCc1cc(CCCCCCCC(C)C)ccc1O. The summed E-state index contributed by atoms with van der Waals surface area (Å²) >= 11 is 0. The summed E-state index contributed by atoms with van der Waals surface area (Å²) in [6, 6.07) is 6.18. The van der Waals surface area contributed by atoms with Crippen LogP contribution in [0.25, 0.3) is 0 Å². The Labute approximate surface area is 131 Å². The van der Waals surface area contributed by atoms with E-state index in [2.05, 4.69) is 32.9 Å². The summed E-state index contributed by atoms with van der Waals surface area (Å²) in [4.78, 5) is 0. The van der Waals surface area contributed by atoms with Crippen LogP contribution < -0.4 is 0 Å². The van der Waals surface area contributed by atoms with Crippen molar-refractivity contribution in [3.63, 3.8) is 0 Å². The molecule has 0 aliphatic heterocycles. The quantitative estimate of drug-likeness (QED) is 0.476. The van der Waals surface area contributed by atoms with Crippen molar-refractivity contribution in [2.24, 2.45) is 5.92 Å². The van der Waals surface area contributed by atoms with Crippen LogP contribution in [-0.4, -0.2) is 5.11 Å². The van der Waals surface area contributed by atoms with Gasteiger partial charge in [0, 0.05) is 0 Å². The average Bonchev–Trinajstić information content (AvgIpc) is 2.46. The van der Waals surface area contributed by atoms with Gasteiger partial charge in [-0.25, -0.2) is 0 Å². The number of unbranched alkanes of at least 4 members (excludes halogenated alkanes) is 5. The lowest BCUT2D eigenvalue weighted by Crippen LogP contribution is -1.92. The van der Waals surface area contributed by atoms with E-state index < -0.39 is 0 Å². The number of aryl methyl sites for hydroxylation is 2. The van der Waals surface area contributed by atoms with E-state index in [1.165, 1.54) is 50.5 Å². The lowest BCUT2D eigenvalue weighted by Gasteiger charge is -2.08. The molecule has 1 aromatic carbocycles. The molecule has 1 rings (SSSR count). The summed E-state index contributed by atoms with van der Waals surface area (Å²) in [6.45, 7) is 6.81.